The first-order valence-corrected chi connectivity index (χ1v) is 9.71. The lowest BCUT2D eigenvalue weighted by Crippen LogP contribution is -2.39. The molecule has 0 spiro atoms. The molecule has 8 heteroatoms. The zero-order valence-corrected chi connectivity index (χ0v) is 17.1. The van der Waals surface area contributed by atoms with E-state index in [2.05, 4.69) is 38.7 Å². The average Bonchev–Trinajstić information content (AvgIpc) is 3.30. The lowest BCUT2D eigenvalue weighted by molar-refractivity contribution is 0.555. The smallest absolute Gasteiger partial charge is 0.226 e. The normalized spacial score (nSPS) is 11.7. The van der Waals surface area contributed by atoms with E-state index < -0.39 is 0 Å². The number of aromatic nitrogens is 3. The number of benzene rings is 1. The monoisotopic (exact) mass is 398 g/mol. The van der Waals surface area contributed by atoms with Gasteiger partial charge in [-0.25, -0.2) is 9.37 Å². The van der Waals surface area contributed by atoms with E-state index in [-0.39, 0.29) is 5.82 Å². The summed E-state index contributed by atoms with van der Waals surface area (Å²) in [5.41, 5.74) is 3.81. The highest BCUT2D eigenvalue weighted by Crippen LogP contribution is 2.18. The zero-order valence-electron chi connectivity index (χ0n) is 17.1. The van der Waals surface area contributed by atoms with Gasteiger partial charge in [-0.15, -0.1) is 0 Å². The van der Waals surface area contributed by atoms with E-state index in [1.807, 2.05) is 11.6 Å². The number of hydrogen-bond acceptors (Lipinski definition) is 4. The van der Waals surface area contributed by atoms with Crippen molar-refractivity contribution in [3.8, 4) is 11.5 Å². The summed E-state index contributed by atoms with van der Waals surface area (Å²) in [6, 6.07) is 8.18. The van der Waals surface area contributed by atoms with Gasteiger partial charge in [0.25, 0.3) is 0 Å². The number of aryl methyl sites for hydroxylation is 3. The Morgan fingerprint density at radius 2 is 1.93 bits per heavy atom. The minimum Gasteiger partial charge on any atom is -0.444 e. The minimum absolute atomic E-state index is 0.279. The van der Waals surface area contributed by atoms with Gasteiger partial charge in [0.2, 0.25) is 5.89 Å². The molecular formula is C21H27FN6O. The highest BCUT2D eigenvalue weighted by atomic mass is 19.1. The number of rotatable bonds is 8. The number of oxazole rings is 1. The van der Waals surface area contributed by atoms with Crippen LogP contribution in [-0.2, 0) is 13.0 Å². The molecule has 0 atom stereocenters. The molecule has 0 unspecified atom stereocenters. The van der Waals surface area contributed by atoms with Crippen molar-refractivity contribution < 1.29 is 8.81 Å². The van der Waals surface area contributed by atoms with E-state index in [0.29, 0.717) is 18.9 Å². The molecule has 0 aliphatic carbocycles. The van der Waals surface area contributed by atoms with Crippen molar-refractivity contribution in [1.29, 1.82) is 0 Å². The summed E-state index contributed by atoms with van der Waals surface area (Å²) in [4.78, 5) is 8.69. The molecule has 0 aliphatic heterocycles. The SMILES string of the molecule is CN=C(NCCCn1nc(C)cc1C)NCCc1coc(-c2ccc(F)cc2)n1. The summed E-state index contributed by atoms with van der Waals surface area (Å²) in [5.74, 6) is 0.964. The maximum atomic E-state index is 13.0. The Labute approximate surface area is 170 Å². The Hall–Kier alpha value is -3.16. The van der Waals surface area contributed by atoms with Crippen molar-refractivity contribution in [2.75, 3.05) is 20.1 Å². The van der Waals surface area contributed by atoms with Crippen molar-refractivity contribution in [3.63, 3.8) is 0 Å². The summed E-state index contributed by atoms with van der Waals surface area (Å²) in [6.45, 7) is 6.42. The fourth-order valence-corrected chi connectivity index (χ4v) is 3.01. The zero-order chi connectivity index (χ0) is 20.6. The van der Waals surface area contributed by atoms with E-state index in [1.54, 1.807) is 25.4 Å². The lowest BCUT2D eigenvalue weighted by Gasteiger charge is -2.11. The van der Waals surface area contributed by atoms with Crippen molar-refractivity contribution in [2.24, 2.45) is 4.99 Å². The van der Waals surface area contributed by atoms with Crippen LogP contribution in [0.2, 0.25) is 0 Å². The number of nitrogens with zero attached hydrogens (tertiary/aromatic N) is 4. The van der Waals surface area contributed by atoms with E-state index in [9.17, 15) is 4.39 Å². The van der Waals surface area contributed by atoms with Crippen LogP contribution in [0.15, 0.2) is 46.0 Å². The van der Waals surface area contributed by atoms with Crippen LogP contribution < -0.4 is 10.6 Å². The second-order valence-corrected chi connectivity index (χ2v) is 6.83. The quantitative estimate of drug-likeness (QED) is 0.346. The third-order valence-corrected chi connectivity index (χ3v) is 4.48. The molecule has 2 heterocycles. The van der Waals surface area contributed by atoms with Gasteiger partial charge in [0, 0.05) is 44.4 Å². The number of halogens is 1. The van der Waals surface area contributed by atoms with Crippen LogP contribution in [0.1, 0.15) is 23.5 Å². The third kappa shape index (κ3) is 5.91. The van der Waals surface area contributed by atoms with Gasteiger partial charge in [-0.05, 0) is 50.6 Å². The van der Waals surface area contributed by atoms with Crippen LogP contribution in [0.3, 0.4) is 0 Å². The van der Waals surface area contributed by atoms with Crippen LogP contribution in [0.4, 0.5) is 4.39 Å². The summed E-state index contributed by atoms with van der Waals surface area (Å²) in [5, 5.41) is 11.0. The number of hydrogen-bond donors (Lipinski definition) is 2. The van der Waals surface area contributed by atoms with Gasteiger partial charge >= 0.3 is 0 Å². The van der Waals surface area contributed by atoms with Crippen LogP contribution in [0.25, 0.3) is 11.5 Å². The van der Waals surface area contributed by atoms with E-state index in [1.165, 1.54) is 17.8 Å². The first-order chi connectivity index (χ1) is 14.0. The van der Waals surface area contributed by atoms with Gasteiger partial charge in [0.15, 0.2) is 5.96 Å². The van der Waals surface area contributed by atoms with Crippen molar-refractivity contribution in [2.45, 2.75) is 33.2 Å². The molecule has 29 heavy (non-hydrogen) atoms. The summed E-state index contributed by atoms with van der Waals surface area (Å²) in [7, 11) is 1.75. The molecular weight excluding hydrogens is 371 g/mol. The van der Waals surface area contributed by atoms with Gasteiger partial charge in [-0.2, -0.15) is 5.10 Å². The van der Waals surface area contributed by atoms with E-state index in [4.69, 9.17) is 4.42 Å². The predicted octanol–water partition coefficient (Wildman–Crippen LogP) is 3.09. The molecule has 0 fully saturated rings. The number of aliphatic imine (C=N–C) groups is 1. The highest BCUT2D eigenvalue weighted by molar-refractivity contribution is 5.79. The molecule has 7 nitrogen and oxygen atoms in total. The van der Waals surface area contributed by atoms with Gasteiger partial charge in [0.05, 0.1) is 11.4 Å². The molecule has 2 aromatic heterocycles. The Kier molecular flexibility index (Phi) is 6.99. The van der Waals surface area contributed by atoms with Gasteiger partial charge in [0.1, 0.15) is 12.1 Å². The van der Waals surface area contributed by atoms with E-state index in [0.717, 1.165) is 42.4 Å². The van der Waals surface area contributed by atoms with Crippen LogP contribution in [0.5, 0.6) is 0 Å². The Morgan fingerprint density at radius 1 is 1.17 bits per heavy atom. The number of nitrogens with one attached hydrogen (secondary N) is 2. The summed E-state index contributed by atoms with van der Waals surface area (Å²) in [6.07, 6.45) is 3.27. The lowest BCUT2D eigenvalue weighted by atomic mass is 10.2. The standard InChI is InChI=1S/C21H27FN6O/c1-15-13-16(2)28(27-15)12-4-10-24-21(23-3)25-11-9-19-14-29-20(26-19)17-5-7-18(22)8-6-17/h5-8,13-14H,4,9-12H2,1-3H3,(H2,23,24,25). The van der Waals surface area contributed by atoms with Gasteiger partial charge in [-0.1, -0.05) is 0 Å². The maximum absolute atomic E-state index is 13.0. The predicted molar refractivity (Wildman–Crippen MR) is 111 cm³/mol. The van der Waals surface area contributed by atoms with Crippen LogP contribution in [0, 0.1) is 19.7 Å². The van der Waals surface area contributed by atoms with Crippen molar-refractivity contribution >= 4 is 5.96 Å². The topological polar surface area (TPSA) is 80.3 Å². The Balaban J connectivity index is 1.38. The molecule has 0 saturated heterocycles. The first kappa shape index (κ1) is 20.6. The molecule has 3 aromatic rings. The average molecular weight is 398 g/mol. The summed E-state index contributed by atoms with van der Waals surface area (Å²) < 4.78 is 20.5. The second kappa shape index (κ2) is 9.86. The fraction of sp³-hybridized carbons (Fsp3) is 0.381. The molecule has 154 valence electrons. The third-order valence-electron chi connectivity index (χ3n) is 4.48. The highest BCUT2D eigenvalue weighted by Gasteiger charge is 2.07. The minimum atomic E-state index is -0.279. The molecule has 0 radical (unpaired) electrons. The van der Waals surface area contributed by atoms with Gasteiger partial charge < -0.3 is 15.1 Å². The molecule has 0 amide bonds. The molecule has 1 aromatic carbocycles. The molecule has 0 saturated carbocycles. The second-order valence-electron chi connectivity index (χ2n) is 6.83. The molecule has 2 N–H and O–H groups in total. The largest absolute Gasteiger partial charge is 0.444 e. The van der Waals surface area contributed by atoms with Crippen molar-refractivity contribution in [3.05, 3.63) is 59.5 Å². The van der Waals surface area contributed by atoms with Gasteiger partial charge in [-0.3, -0.25) is 9.67 Å². The summed E-state index contributed by atoms with van der Waals surface area (Å²) >= 11 is 0. The first-order valence-electron chi connectivity index (χ1n) is 9.71. The Bertz CT molecular complexity index is 944. The van der Waals surface area contributed by atoms with E-state index >= 15 is 0 Å². The molecule has 0 bridgehead atoms. The molecule has 0 aliphatic rings. The van der Waals surface area contributed by atoms with Crippen LogP contribution in [-0.4, -0.2) is 40.9 Å². The van der Waals surface area contributed by atoms with Crippen LogP contribution >= 0.6 is 0 Å². The maximum Gasteiger partial charge on any atom is 0.226 e. The fourth-order valence-electron chi connectivity index (χ4n) is 3.01. The molecule has 3 rings (SSSR count). The Morgan fingerprint density at radius 3 is 2.62 bits per heavy atom. The van der Waals surface area contributed by atoms with Crippen molar-refractivity contribution in [1.82, 2.24) is 25.4 Å². The number of guanidine groups is 1.